The quantitative estimate of drug-likeness (QED) is 0.726. The Balaban J connectivity index is 1.78. The molecule has 1 amide bonds. The predicted octanol–water partition coefficient (Wildman–Crippen LogP) is 3.93. The zero-order valence-corrected chi connectivity index (χ0v) is 15.8. The summed E-state index contributed by atoms with van der Waals surface area (Å²) in [5.74, 6) is 2.31. The molecule has 5 heteroatoms. The molecule has 5 nitrogen and oxygen atoms in total. The largest absolute Gasteiger partial charge is 0.496 e. The van der Waals surface area contributed by atoms with Gasteiger partial charge in [-0.2, -0.15) is 0 Å². The van der Waals surface area contributed by atoms with E-state index in [1.165, 1.54) is 6.08 Å². The van der Waals surface area contributed by atoms with E-state index in [-0.39, 0.29) is 12.0 Å². The smallest absolute Gasteiger partial charge is 0.245 e. The molecule has 142 valence electrons. The molecule has 1 fully saturated rings. The number of amides is 1. The molecule has 0 N–H and O–H groups in total. The molecule has 3 rings (SSSR count). The maximum Gasteiger partial charge on any atom is 0.245 e. The van der Waals surface area contributed by atoms with Crippen molar-refractivity contribution in [3.8, 4) is 28.4 Å². The first-order valence-corrected chi connectivity index (χ1v) is 9.05. The van der Waals surface area contributed by atoms with Crippen molar-refractivity contribution in [1.29, 1.82) is 0 Å². The molecule has 0 radical (unpaired) electrons. The van der Waals surface area contributed by atoms with E-state index in [4.69, 9.17) is 14.2 Å². The SMILES string of the molecule is C=CC(=O)N1CCC(Oc2ccc(OC)c(-c3ccccc3OC)c2)CC1. The second-order valence-corrected chi connectivity index (χ2v) is 6.41. The van der Waals surface area contributed by atoms with Crippen LogP contribution in [-0.4, -0.2) is 44.2 Å². The number of methoxy groups -OCH3 is 2. The summed E-state index contributed by atoms with van der Waals surface area (Å²) < 4.78 is 17.2. The number of para-hydroxylation sites is 1. The van der Waals surface area contributed by atoms with Crippen LogP contribution in [0.25, 0.3) is 11.1 Å². The first-order chi connectivity index (χ1) is 13.2. The van der Waals surface area contributed by atoms with Crippen LogP contribution in [0.5, 0.6) is 17.2 Å². The van der Waals surface area contributed by atoms with Crippen molar-refractivity contribution in [1.82, 2.24) is 4.90 Å². The molecule has 0 aromatic heterocycles. The Morgan fingerprint density at radius 1 is 1.04 bits per heavy atom. The molecule has 0 bridgehead atoms. The zero-order valence-electron chi connectivity index (χ0n) is 15.8. The van der Waals surface area contributed by atoms with E-state index < -0.39 is 0 Å². The number of ether oxygens (including phenoxy) is 3. The fourth-order valence-electron chi connectivity index (χ4n) is 3.35. The normalized spacial score (nSPS) is 14.5. The van der Waals surface area contributed by atoms with Gasteiger partial charge in [-0.3, -0.25) is 4.79 Å². The standard InChI is InChI=1S/C22H25NO4/c1-4-22(24)23-13-11-16(12-14-23)27-17-9-10-21(26-3)19(15-17)18-7-5-6-8-20(18)25-2/h4-10,15-16H,1,11-14H2,2-3H3. The molecule has 1 heterocycles. The van der Waals surface area contributed by atoms with Crippen molar-refractivity contribution in [3.05, 3.63) is 55.1 Å². The average molecular weight is 367 g/mol. The minimum atomic E-state index is -0.0173. The van der Waals surface area contributed by atoms with Crippen molar-refractivity contribution in [2.45, 2.75) is 18.9 Å². The predicted molar refractivity (Wildman–Crippen MR) is 105 cm³/mol. The van der Waals surface area contributed by atoms with E-state index in [2.05, 4.69) is 6.58 Å². The first kappa shape index (κ1) is 18.8. The molecule has 1 saturated heterocycles. The molecule has 2 aromatic rings. The third-order valence-corrected chi connectivity index (χ3v) is 4.80. The Morgan fingerprint density at radius 2 is 1.70 bits per heavy atom. The summed E-state index contributed by atoms with van der Waals surface area (Å²) in [4.78, 5) is 13.5. The molecule has 2 aromatic carbocycles. The van der Waals surface area contributed by atoms with Gasteiger partial charge in [0.25, 0.3) is 0 Å². The van der Waals surface area contributed by atoms with Gasteiger partial charge in [0, 0.05) is 37.1 Å². The molecule has 1 aliphatic rings. The van der Waals surface area contributed by atoms with E-state index in [1.807, 2.05) is 42.5 Å². The number of hydrogen-bond donors (Lipinski definition) is 0. The van der Waals surface area contributed by atoms with Gasteiger partial charge < -0.3 is 19.1 Å². The molecule has 0 aliphatic carbocycles. The number of piperidine rings is 1. The van der Waals surface area contributed by atoms with Gasteiger partial charge in [-0.1, -0.05) is 24.8 Å². The molecule has 0 atom stereocenters. The Labute approximate surface area is 160 Å². The molecule has 0 spiro atoms. The summed E-state index contributed by atoms with van der Waals surface area (Å²) in [6.07, 6.45) is 3.05. The van der Waals surface area contributed by atoms with Crippen LogP contribution in [0.1, 0.15) is 12.8 Å². The maximum absolute atomic E-state index is 11.7. The third kappa shape index (κ3) is 4.25. The topological polar surface area (TPSA) is 48.0 Å². The van der Waals surface area contributed by atoms with E-state index in [0.29, 0.717) is 13.1 Å². The van der Waals surface area contributed by atoms with Gasteiger partial charge in [0.05, 0.1) is 14.2 Å². The molecular formula is C22H25NO4. The molecule has 0 saturated carbocycles. The van der Waals surface area contributed by atoms with Crippen molar-refractivity contribution in [2.24, 2.45) is 0 Å². The Kier molecular flexibility index (Phi) is 6.01. The van der Waals surface area contributed by atoms with Crippen molar-refractivity contribution < 1.29 is 19.0 Å². The summed E-state index contributed by atoms with van der Waals surface area (Å²) in [7, 11) is 3.31. The molecule has 0 unspecified atom stereocenters. The van der Waals surface area contributed by atoms with E-state index >= 15 is 0 Å². The van der Waals surface area contributed by atoms with Crippen LogP contribution in [0.4, 0.5) is 0 Å². The summed E-state index contributed by atoms with van der Waals surface area (Å²) in [6.45, 7) is 4.92. The van der Waals surface area contributed by atoms with Gasteiger partial charge in [0.15, 0.2) is 0 Å². The monoisotopic (exact) mass is 367 g/mol. The maximum atomic E-state index is 11.7. The highest BCUT2D eigenvalue weighted by molar-refractivity contribution is 5.87. The van der Waals surface area contributed by atoms with Gasteiger partial charge in [-0.15, -0.1) is 0 Å². The second kappa shape index (κ2) is 8.62. The van der Waals surface area contributed by atoms with Crippen LogP contribution in [-0.2, 0) is 4.79 Å². The van der Waals surface area contributed by atoms with Gasteiger partial charge in [-0.25, -0.2) is 0 Å². The lowest BCUT2D eigenvalue weighted by molar-refractivity contribution is -0.127. The summed E-state index contributed by atoms with van der Waals surface area (Å²) >= 11 is 0. The van der Waals surface area contributed by atoms with Crippen molar-refractivity contribution >= 4 is 5.91 Å². The van der Waals surface area contributed by atoms with E-state index in [9.17, 15) is 4.79 Å². The van der Waals surface area contributed by atoms with Crippen LogP contribution in [0.3, 0.4) is 0 Å². The minimum Gasteiger partial charge on any atom is -0.496 e. The fraction of sp³-hybridized carbons (Fsp3) is 0.318. The van der Waals surface area contributed by atoms with Gasteiger partial charge >= 0.3 is 0 Å². The van der Waals surface area contributed by atoms with Gasteiger partial charge in [0.1, 0.15) is 23.4 Å². The lowest BCUT2D eigenvalue weighted by Crippen LogP contribution is -2.41. The number of benzene rings is 2. The highest BCUT2D eigenvalue weighted by atomic mass is 16.5. The van der Waals surface area contributed by atoms with Gasteiger partial charge in [0.2, 0.25) is 5.91 Å². The number of nitrogens with zero attached hydrogens (tertiary/aromatic N) is 1. The minimum absolute atomic E-state index is 0.0173. The van der Waals surface area contributed by atoms with Crippen LogP contribution >= 0.6 is 0 Å². The molecule has 27 heavy (non-hydrogen) atoms. The van der Waals surface area contributed by atoms with Crippen molar-refractivity contribution in [3.63, 3.8) is 0 Å². The number of hydrogen-bond acceptors (Lipinski definition) is 4. The van der Waals surface area contributed by atoms with Crippen LogP contribution < -0.4 is 14.2 Å². The van der Waals surface area contributed by atoms with Crippen LogP contribution in [0.2, 0.25) is 0 Å². The van der Waals surface area contributed by atoms with E-state index in [0.717, 1.165) is 41.2 Å². The Morgan fingerprint density at radius 3 is 2.37 bits per heavy atom. The van der Waals surface area contributed by atoms with Crippen LogP contribution in [0.15, 0.2) is 55.1 Å². The van der Waals surface area contributed by atoms with Gasteiger partial charge in [-0.05, 0) is 30.3 Å². The Hall–Kier alpha value is -2.95. The lowest BCUT2D eigenvalue weighted by atomic mass is 10.0. The second-order valence-electron chi connectivity index (χ2n) is 6.41. The number of carbonyl (C=O) groups excluding carboxylic acids is 1. The molecular weight excluding hydrogens is 342 g/mol. The van der Waals surface area contributed by atoms with Crippen LogP contribution in [0, 0.1) is 0 Å². The summed E-state index contributed by atoms with van der Waals surface area (Å²) in [6, 6.07) is 13.6. The third-order valence-electron chi connectivity index (χ3n) is 4.80. The highest BCUT2D eigenvalue weighted by Crippen LogP contribution is 2.38. The van der Waals surface area contributed by atoms with Crippen molar-refractivity contribution in [2.75, 3.05) is 27.3 Å². The summed E-state index contributed by atoms with van der Waals surface area (Å²) in [5.41, 5.74) is 1.88. The lowest BCUT2D eigenvalue weighted by Gasteiger charge is -2.31. The molecule has 1 aliphatic heterocycles. The number of rotatable bonds is 6. The zero-order chi connectivity index (χ0) is 19.2. The first-order valence-electron chi connectivity index (χ1n) is 9.05. The average Bonchev–Trinajstić information content (AvgIpc) is 2.73. The highest BCUT2D eigenvalue weighted by Gasteiger charge is 2.23. The fourth-order valence-corrected chi connectivity index (χ4v) is 3.35. The summed E-state index contributed by atoms with van der Waals surface area (Å²) in [5, 5.41) is 0. The number of carbonyl (C=O) groups is 1. The Bertz CT molecular complexity index is 810. The number of likely N-dealkylation sites (tertiary alicyclic amines) is 1. The van der Waals surface area contributed by atoms with E-state index in [1.54, 1.807) is 19.1 Å².